The van der Waals surface area contributed by atoms with E-state index in [2.05, 4.69) is 17.6 Å². The minimum absolute atomic E-state index is 0.0910. The second kappa shape index (κ2) is 8.15. The number of benzene rings is 1. The van der Waals surface area contributed by atoms with Crippen molar-refractivity contribution < 1.29 is 14.3 Å². The average molecular weight is 306 g/mol. The summed E-state index contributed by atoms with van der Waals surface area (Å²) < 4.78 is 10.5. The molecule has 2 atom stereocenters. The summed E-state index contributed by atoms with van der Waals surface area (Å²) in [6.07, 6.45) is 1.79. The Hall–Kier alpha value is -1.59. The lowest BCUT2D eigenvalue weighted by Crippen LogP contribution is -2.40. The smallest absolute Gasteiger partial charge is 0.227 e. The molecule has 1 aliphatic rings. The van der Waals surface area contributed by atoms with Crippen molar-refractivity contribution in [3.05, 3.63) is 23.8 Å². The van der Waals surface area contributed by atoms with E-state index in [-0.39, 0.29) is 11.8 Å². The highest BCUT2D eigenvalue weighted by atomic mass is 16.5. The second-order valence-corrected chi connectivity index (χ2v) is 5.88. The minimum atomic E-state index is 0.0910. The standard InChI is InChI=1S/C17H26N2O3/c1-12-10-15(22-9-8-21-3)4-5-16(12)19-17(20)14-6-7-18-13(2)11-14/h4-5,10,13-14,18H,6-9,11H2,1-3H3,(H,19,20)/t13-,14-/m0/s1. The van der Waals surface area contributed by atoms with Gasteiger partial charge in [0.2, 0.25) is 5.91 Å². The molecular weight excluding hydrogens is 280 g/mol. The zero-order valence-electron chi connectivity index (χ0n) is 13.6. The molecule has 0 saturated carbocycles. The van der Waals surface area contributed by atoms with E-state index in [0.717, 1.165) is 36.4 Å². The highest BCUT2D eigenvalue weighted by molar-refractivity contribution is 5.93. The van der Waals surface area contributed by atoms with Gasteiger partial charge in [0, 0.05) is 24.8 Å². The van der Waals surface area contributed by atoms with Crippen molar-refractivity contribution in [2.24, 2.45) is 5.92 Å². The van der Waals surface area contributed by atoms with E-state index >= 15 is 0 Å². The Morgan fingerprint density at radius 2 is 2.23 bits per heavy atom. The Bertz CT molecular complexity index is 505. The monoisotopic (exact) mass is 306 g/mol. The number of aryl methyl sites for hydroxylation is 1. The number of carbonyl (C=O) groups excluding carboxylic acids is 1. The fourth-order valence-electron chi connectivity index (χ4n) is 2.71. The lowest BCUT2D eigenvalue weighted by atomic mass is 9.92. The van der Waals surface area contributed by atoms with Gasteiger partial charge in [-0.15, -0.1) is 0 Å². The molecule has 1 aromatic carbocycles. The topological polar surface area (TPSA) is 59.6 Å². The van der Waals surface area contributed by atoms with Gasteiger partial charge in [-0.25, -0.2) is 0 Å². The molecule has 5 heteroatoms. The normalized spacial score (nSPS) is 21.4. The molecule has 1 amide bonds. The van der Waals surface area contributed by atoms with Gasteiger partial charge in [0.15, 0.2) is 0 Å². The first-order valence-corrected chi connectivity index (χ1v) is 7.86. The van der Waals surface area contributed by atoms with Gasteiger partial charge >= 0.3 is 0 Å². The molecule has 0 spiro atoms. The third-order valence-corrected chi connectivity index (χ3v) is 4.01. The Morgan fingerprint density at radius 3 is 2.91 bits per heavy atom. The maximum atomic E-state index is 12.4. The molecule has 0 aliphatic carbocycles. The van der Waals surface area contributed by atoms with Crippen LogP contribution in [-0.4, -0.2) is 38.8 Å². The molecule has 2 N–H and O–H groups in total. The van der Waals surface area contributed by atoms with Crippen molar-refractivity contribution >= 4 is 11.6 Å². The lowest BCUT2D eigenvalue weighted by Gasteiger charge is -2.27. The zero-order valence-corrected chi connectivity index (χ0v) is 13.6. The predicted octanol–water partition coefficient (Wildman–Crippen LogP) is 2.35. The molecule has 5 nitrogen and oxygen atoms in total. The Morgan fingerprint density at radius 1 is 1.41 bits per heavy atom. The quantitative estimate of drug-likeness (QED) is 0.792. The highest BCUT2D eigenvalue weighted by Gasteiger charge is 2.24. The SMILES string of the molecule is COCCOc1ccc(NC(=O)[C@H]2CCN[C@@H](C)C2)c(C)c1. The van der Waals surface area contributed by atoms with Crippen LogP contribution in [0.3, 0.4) is 0 Å². The van der Waals surface area contributed by atoms with E-state index < -0.39 is 0 Å². The number of nitrogens with one attached hydrogen (secondary N) is 2. The van der Waals surface area contributed by atoms with Crippen LogP contribution in [0.5, 0.6) is 5.75 Å². The van der Waals surface area contributed by atoms with Crippen LogP contribution < -0.4 is 15.4 Å². The fraction of sp³-hybridized carbons (Fsp3) is 0.588. The van der Waals surface area contributed by atoms with E-state index in [9.17, 15) is 4.79 Å². The molecule has 0 unspecified atom stereocenters. The Kier molecular flexibility index (Phi) is 6.21. The molecule has 22 heavy (non-hydrogen) atoms. The molecule has 0 radical (unpaired) electrons. The molecule has 2 rings (SSSR count). The first-order valence-electron chi connectivity index (χ1n) is 7.86. The van der Waals surface area contributed by atoms with Crippen LogP contribution in [0.4, 0.5) is 5.69 Å². The van der Waals surface area contributed by atoms with Crippen molar-refractivity contribution in [1.82, 2.24) is 5.32 Å². The van der Waals surface area contributed by atoms with E-state index in [4.69, 9.17) is 9.47 Å². The number of carbonyl (C=O) groups is 1. The van der Waals surface area contributed by atoms with Gasteiger partial charge in [0.25, 0.3) is 0 Å². The lowest BCUT2D eigenvalue weighted by molar-refractivity contribution is -0.120. The molecule has 0 bridgehead atoms. The van der Waals surface area contributed by atoms with Gasteiger partial charge in [-0.1, -0.05) is 0 Å². The van der Waals surface area contributed by atoms with Gasteiger partial charge in [0.05, 0.1) is 6.61 Å². The molecule has 1 saturated heterocycles. The summed E-state index contributed by atoms with van der Waals surface area (Å²) in [5.74, 6) is 1.00. The van der Waals surface area contributed by atoms with Crippen LogP contribution in [0.2, 0.25) is 0 Å². The first kappa shape index (κ1) is 16.8. The second-order valence-electron chi connectivity index (χ2n) is 5.88. The zero-order chi connectivity index (χ0) is 15.9. The summed E-state index contributed by atoms with van der Waals surface area (Å²) in [4.78, 5) is 12.4. The molecule has 1 fully saturated rings. The number of amides is 1. The molecule has 1 aromatic rings. The van der Waals surface area contributed by atoms with Crippen molar-refractivity contribution in [1.29, 1.82) is 0 Å². The molecule has 1 aliphatic heterocycles. The van der Waals surface area contributed by atoms with Crippen LogP contribution >= 0.6 is 0 Å². The average Bonchev–Trinajstić information content (AvgIpc) is 2.50. The summed E-state index contributed by atoms with van der Waals surface area (Å²) >= 11 is 0. The van der Waals surface area contributed by atoms with Crippen molar-refractivity contribution in [2.75, 3.05) is 32.2 Å². The van der Waals surface area contributed by atoms with Crippen molar-refractivity contribution in [2.45, 2.75) is 32.7 Å². The van der Waals surface area contributed by atoms with E-state index in [1.807, 2.05) is 25.1 Å². The summed E-state index contributed by atoms with van der Waals surface area (Å²) in [5.41, 5.74) is 1.86. The number of ether oxygens (including phenoxy) is 2. The Balaban J connectivity index is 1.93. The number of rotatable bonds is 6. The van der Waals surface area contributed by atoms with E-state index in [0.29, 0.717) is 19.3 Å². The number of hydrogen-bond donors (Lipinski definition) is 2. The van der Waals surface area contributed by atoms with Gasteiger partial charge in [-0.05, 0) is 57.0 Å². The van der Waals surface area contributed by atoms with Gasteiger partial charge in [-0.3, -0.25) is 4.79 Å². The highest BCUT2D eigenvalue weighted by Crippen LogP contribution is 2.24. The summed E-state index contributed by atoms with van der Waals surface area (Å²) in [6, 6.07) is 6.13. The first-order chi connectivity index (χ1) is 10.6. The van der Waals surface area contributed by atoms with Crippen LogP contribution in [-0.2, 0) is 9.53 Å². The van der Waals surface area contributed by atoms with Gasteiger partial charge < -0.3 is 20.1 Å². The van der Waals surface area contributed by atoms with Crippen molar-refractivity contribution in [3.63, 3.8) is 0 Å². The summed E-state index contributed by atoms with van der Waals surface area (Å²) in [7, 11) is 1.65. The summed E-state index contributed by atoms with van der Waals surface area (Å²) in [6.45, 7) is 6.09. The van der Waals surface area contributed by atoms with E-state index in [1.54, 1.807) is 7.11 Å². The minimum Gasteiger partial charge on any atom is -0.491 e. The molecule has 0 aromatic heterocycles. The van der Waals surface area contributed by atoms with Crippen LogP contribution in [0.25, 0.3) is 0 Å². The number of methoxy groups -OCH3 is 1. The van der Waals surface area contributed by atoms with Gasteiger partial charge in [0.1, 0.15) is 12.4 Å². The number of anilines is 1. The van der Waals surface area contributed by atoms with Crippen LogP contribution in [0.15, 0.2) is 18.2 Å². The molecule has 1 heterocycles. The maximum absolute atomic E-state index is 12.4. The third-order valence-electron chi connectivity index (χ3n) is 4.01. The van der Waals surface area contributed by atoms with Crippen LogP contribution in [0, 0.1) is 12.8 Å². The van der Waals surface area contributed by atoms with Crippen LogP contribution in [0.1, 0.15) is 25.3 Å². The maximum Gasteiger partial charge on any atom is 0.227 e. The molecular formula is C17H26N2O3. The Labute approximate surface area is 132 Å². The summed E-state index contributed by atoms with van der Waals surface area (Å²) in [5, 5.41) is 6.42. The number of hydrogen-bond acceptors (Lipinski definition) is 4. The van der Waals surface area contributed by atoms with E-state index in [1.165, 1.54) is 0 Å². The largest absolute Gasteiger partial charge is 0.491 e. The predicted molar refractivity (Wildman–Crippen MR) is 87.4 cm³/mol. The van der Waals surface area contributed by atoms with Crippen molar-refractivity contribution in [3.8, 4) is 5.75 Å². The number of piperidine rings is 1. The third kappa shape index (κ3) is 4.71. The molecule has 122 valence electrons. The fourth-order valence-corrected chi connectivity index (χ4v) is 2.71. The van der Waals surface area contributed by atoms with Gasteiger partial charge in [-0.2, -0.15) is 0 Å².